The van der Waals surface area contributed by atoms with E-state index in [4.69, 9.17) is 33.0 Å². The molecular formula is C13H9Cl2FO2. The fourth-order valence-corrected chi connectivity index (χ4v) is 1.72. The first-order valence-electron chi connectivity index (χ1n) is 5.12. The zero-order valence-corrected chi connectivity index (χ0v) is 10.7. The summed E-state index contributed by atoms with van der Waals surface area (Å²) >= 11 is 11.7. The molecule has 2 rings (SSSR count). The first kappa shape index (κ1) is 13.1. The van der Waals surface area contributed by atoms with Crippen molar-refractivity contribution in [3.63, 3.8) is 0 Å². The predicted molar refractivity (Wildman–Crippen MR) is 68.9 cm³/mol. The van der Waals surface area contributed by atoms with Crippen molar-refractivity contribution in [1.29, 1.82) is 0 Å². The van der Waals surface area contributed by atoms with Crippen LogP contribution in [-0.4, -0.2) is 5.11 Å². The molecule has 0 heterocycles. The fourth-order valence-electron chi connectivity index (χ4n) is 1.40. The molecule has 0 amide bonds. The number of rotatable bonds is 3. The molecule has 18 heavy (non-hydrogen) atoms. The maximum Gasteiger partial charge on any atom is 0.166 e. The van der Waals surface area contributed by atoms with Gasteiger partial charge in [-0.1, -0.05) is 29.3 Å². The van der Waals surface area contributed by atoms with Crippen LogP contribution in [0.3, 0.4) is 0 Å². The maximum atomic E-state index is 13.6. The first-order valence-corrected chi connectivity index (χ1v) is 5.88. The van der Waals surface area contributed by atoms with Gasteiger partial charge in [0.15, 0.2) is 11.6 Å². The van der Waals surface area contributed by atoms with Gasteiger partial charge in [0, 0.05) is 11.1 Å². The van der Waals surface area contributed by atoms with Crippen molar-refractivity contribution < 1.29 is 14.2 Å². The standard InChI is InChI=1S/C13H9Cl2FO2/c14-9-2-3-10(15)13(6-9)18-12-4-1-8(7-17)5-11(12)16/h1-6,17H,7H2. The van der Waals surface area contributed by atoms with E-state index in [1.165, 1.54) is 18.2 Å². The number of halogens is 3. The lowest BCUT2D eigenvalue weighted by Gasteiger charge is -2.09. The van der Waals surface area contributed by atoms with Crippen molar-refractivity contribution in [2.45, 2.75) is 6.61 Å². The SMILES string of the molecule is OCc1ccc(Oc2cc(Cl)ccc2Cl)c(F)c1. The summed E-state index contributed by atoms with van der Waals surface area (Å²) in [6.45, 7) is -0.227. The van der Waals surface area contributed by atoms with Crippen LogP contribution >= 0.6 is 23.2 Å². The van der Waals surface area contributed by atoms with Crippen LogP contribution in [-0.2, 0) is 6.61 Å². The predicted octanol–water partition coefficient (Wildman–Crippen LogP) is 4.42. The van der Waals surface area contributed by atoms with E-state index in [1.807, 2.05) is 0 Å². The molecular weight excluding hydrogens is 278 g/mol. The Morgan fingerprint density at radius 2 is 1.83 bits per heavy atom. The van der Waals surface area contributed by atoms with Gasteiger partial charge in [-0.3, -0.25) is 0 Å². The molecule has 2 nitrogen and oxygen atoms in total. The Morgan fingerprint density at radius 3 is 2.50 bits per heavy atom. The average Bonchev–Trinajstić information content (AvgIpc) is 2.36. The normalized spacial score (nSPS) is 10.4. The second-order valence-electron chi connectivity index (χ2n) is 3.60. The van der Waals surface area contributed by atoms with Crippen LogP contribution in [0, 0.1) is 5.82 Å². The summed E-state index contributed by atoms with van der Waals surface area (Å²) in [6, 6.07) is 8.88. The molecule has 5 heteroatoms. The molecule has 0 saturated heterocycles. The summed E-state index contributed by atoms with van der Waals surface area (Å²) in [5, 5.41) is 9.66. The van der Waals surface area contributed by atoms with Crippen LogP contribution in [0.1, 0.15) is 5.56 Å². The second kappa shape index (κ2) is 5.57. The van der Waals surface area contributed by atoms with Crippen LogP contribution < -0.4 is 4.74 Å². The Bertz CT molecular complexity index is 573. The first-order chi connectivity index (χ1) is 8.60. The molecule has 0 radical (unpaired) electrons. The van der Waals surface area contributed by atoms with Gasteiger partial charge in [0.2, 0.25) is 0 Å². The van der Waals surface area contributed by atoms with E-state index < -0.39 is 5.82 Å². The van der Waals surface area contributed by atoms with Gasteiger partial charge < -0.3 is 9.84 Å². The minimum absolute atomic E-state index is 0.0244. The number of aliphatic hydroxyl groups excluding tert-OH is 1. The molecule has 0 saturated carbocycles. The summed E-state index contributed by atoms with van der Waals surface area (Å²) in [4.78, 5) is 0. The van der Waals surface area contributed by atoms with E-state index in [0.29, 0.717) is 15.6 Å². The molecule has 2 aromatic carbocycles. The van der Waals surface area contributed by atoms with Gasteiger partial charge in [-0.15, -0.1) is 0 Å². The lowest BCUT2D eigenvalue weighted by Crippen LogP contribution is -1.91. The topological polar surface area (TPSA) is 29.5 Å². The quantitative estimate of drug-likeness (QED) is 0.905. The van der Waals surface area contributed by atoms with Crippen molar-refractivity contribution in [3.05, 3.63) is 57.8 Å². The van der Waals surface area contributed by atoms with Gasteiger partial charge in [-0.2, -0.15) is 0 Å². The van der Waals surface area contributed by atoms with E-state index >= 15 is 0 Å². The minimum atomic E-state index is -0.572. The van der Waals surface area contributed by atoms with E-state index in [-0.39, 0.29) is 18.1 Å². The Kier molecular flexibility index (Phi) is 4.07. The Hall–Kier alpha value is -1.29. The summed E-state index contributed by atoms with van der Waals surface area (Å²) in [7, 11) is 0. The van der Waals surface area contributed by atoms with Gasteiger partial charge in [-0.05, 0) is 29.8 Å². The molecule has 0 atom stereocenters. The molecule has 0 aliphatic carbocycles. The fraction of sp³-hybridized carbons (Fsp3) is 0.0769. The average molecular weight is 287 g/mol. The molecule has 1 N–H and O–H groups in total. The molecule has 94 valence electrons. The van der Waals surface area contributed by atoms with E-state index in [9.17, 15) is 4.39 Å². The second-order valence-corrected chi connectivity index (χ2v) is 4.44. The number of ether oxygens (including phenoxy) is 1. The highest BCUT2D eigenvalue weighted by Crippen LogP contribution is 2.33. The highest BCUT2D eigenvalue weighted by atomic mass is 35.5. The molecule has 0 fully saturated rings. The van der Waals surface area contributed by atoms with Crippen molar-refractivity contribution in [3.8, 4) is 11.5 Å². The zero-order valence-electron chi connectivity index (χ0n) is 9.16. The number of benzene rings is 2. The van der Waals surface area contributed by atoms with Gasteiger partial charge in [0.1, 0.15) is 5.75 Å². The van der Waals surface area contributed by atoms with Gasteiger partial charge >= 0.3 is 0 Å². The van der Waals surface area contributed by atoms with E-state index in [0.717, 1.165) is 0 Å². The van der Waals surface area contributed by atoms with Gasteiger partial charge in [0.05, 0.1) is 11.6 Å². The number of hydrogen-bond acceptors (Lipinski definition) is 2. The summed E-state index contributed by atoms with van der Waals surface area (Å²) in [5.74, 6) is -0.270. The summed E-state index contributed by atoms with van der Waals surface area (Å²) in [5.41, 5.74) is 0.469. The molecule has 0 aliphatic rings. The summed E-state index contributed by atoms with van der Waals surface area (Å²) in [6.07, 6.45) is 0. The smallest absolute Gasteiger partial charge is 0.166 e. The van der Waals surface area contributed by atoms with E-state index in [1.54, 1.807) is 18.2 Å². The zero-order chi connectivity index (χ0) is 13.1. The molecule has 0 bridgehead atoms. The van der Waals surface area contributed by atoms with Crippen molar-refractivity contribution in [2.75, 3.05) is 0 Å². The lowest BCUT2D eigenvalue weighted by atomic mass is 10.2. The largest absolute Gasteiger partial charge is 0.453 e. The minimum Gasteiger partial charge on any atom is -0.453 e. The highest BCUT2D eigenvalue weighted by Gasteiger charge is 2.09. The molecule has 0 aliphatic heterocycles. The van der Waals surface area contributed by atoms with Gasteiger partial charge in [-0.25, -0.2) is 4.39 Å². The van der Waals surface area contributed by atoms with Crippen LogP contribution in [0.5, 0.6) is 11.5 Å². The van der Waals surface area contributed by atoms with Crippen LogP contribution in [0.4, 0.5) is 4.39 Å². The molecule has 0 spiro atoms. The van der Waals surface area contributed by atoms with E-state index in [2.05, 4.69) is 0 Å². The number of aliphatic hydroxyl groups is 1. The van der Waals surface area contributed by atoms with Crippen LogP contribution in [0.15, 0.2) is 36.4 Å². The highest BCUT2D eigenvalue weighted by molar-refractivity contribution is 6.34. The molecule has 2 aromatic rings. The Labute approximate surface area is 114 Å². The Morgan fingerprint density at radius 1 is 1.06 bits per heavy atom. The third-order valence-corrected chi connectivity index (χ3v) is 2.84. The number of hydrogen-bond donors (Lipinski definition) is 1. The molecule has 0 unspecified atom stereocenters. The third kappa shape index (κ3) is 2.93. The van der Waals surface area contributed by atoms with Gasteiger partial charge in [0.25, 0.3) is 0 Å². The van der Waals surface area contributed by atoms with Crippen LogP contribution in [0.2, 0.25) is 10.0 Å². The lowest BCUT2D eigenvalue weighted by molar-refractivity contribution is 0.281. The maximum absolute atomic E-state index is 13.6. The third-order valence-electron chi connectivity index (χ3n) is 2.29. The van der Waals surface area contributed by atoms with Crippen molar-refractivity contribution in [1.82, 2.24) is 0 Å². The van der Waals surface area contributed by atoms with Crippen LogP contribution in [0.25, 0.3) is 0 Å². The van der Waals surface area contributed by atoms with Crippen molar-refractivity contribution in [2.24, 2.45) is 0 Å². The molecule has 0 aromatic heterocycles. The monoisotopic (exact) mass is 286 g/mol. The Balaban J connectivity index is 2.31. The van der Waals surface area contributed by atoms with Crippen molar-refractivity contribution >= 4 is 23.2 Å². The summed E-state index contributed by atoms with van der Waals surface area (Å²) < 4.78 is 19.0.